The third-order valence-corrected chi connectivity index (χ3v) is 1.55. The second-order valence-electron chi connectivity index (χ2n) is 2.60. The van der Waals surface area contributed by atoms with Crippen LogP contribution in [-0.2, 0) is 19.4 Å². The van der Waals surface area contributed by atoms with Crippen LogP contribution in [0.1, 0.15) is 13.8 Å². The molecule has 7 heteroatoms. The molecule has 0 radical (unpaired) electrons. The van der Waals surface area contributed by atoms with Gasteiger partial charge in [-0.2, -0.15) is 8.42 Å². The molecule has 0 rings (SSSR count). The Morgan fingerprint density at radius 1 is 1.50 bits per heavy atom. The van der Waals surface area contributed by atoms with Crippen molar-refractivity contribution in [2.24, 2.45) is 11.7 Å². The first-order chi connectivity index (χ1) is 5.24. The molecule has 0 saturated heterocycles. The van der Waals surface area contributed by atoms with Crippen LogP contribution in [-0.4, -0.2) is 25.0 Å². The van der Waals surface area contributed by atoms with E-state index in [-0.39, 0.29) is 5.92 Å². The van der Waals surface area contributed by atoms with E-state index in [1.807, 2.05) is 0 Å². The first kappa shape index (κ1) is 11.3. The Kier molecular flexibility index (Phi) is 3.62. The fraction of sp³-hybridized carbons (Fsp3) is 0.800. The van der Waals surface area contributed by atoms with Crippen molar-refractivity contribution in [2.45, 2.75) is 19.9 Å². The Morgan fingerprint density at radius 2 is 1.92 bits per heavy atom. The molecule has 3 N–H and O–H groups in total. The van der Waals surface area contributed by atoms with Crippen LogP contribution in [0, 0.1) is 5.92 Å². The topological polar surface area (TPSA) is 107 Å². The normalized spacial score (nSPS) is 14.4. The number of hydrogen-bond donors (Lipinski definition) is 2. The highest BCUT2D eigenvalue weighted by Gasteiger charge is 2.23. The highest BCUT2D eigenvalue weighted by Crippen LogP contribution is 2.01. The Hall–Kier alpha value is -0.660. The van der Waals surface area contributed by atoms with Gasteiger partial charge in [0.05, 0.1) is 0 Å². The molecule has 6 nitrogen and oxygen atoms in total. The smallest absolute Gasteiger partial charge is 0.323 e. The van der Waals surface area contributed by atoms with E-state index in [0.29, 0.717) is 0 Å². The monoisotopic (exact) mass is 197 g/mol. The number of carbonyl (C=O) groups excluding carboxylic acids is 1. The van der Waals surface area contributed by atoms with E-state index < -0.39 is 22.4 Å². The van der Waals surface area contributed by atoms with Gasteiger partial charge in [-0.1, -0.05) is 13.8 Å². The minimum Gasteiger partial charge on any atom is -0.323 e. The van der Waals surface area contributed by atoms with E-state index in [1.165, 1.54) is 0 Å². The molecule has 0 aliphatic rings. The third-order valence-electron chi connectivity index (χ3n) is 1.18. The molecular weight excluding hydrogens is 186 g/mol. The van der Waals surface area contributed by atoms with Crippen LogP contribution in [0.15, 0.2) is 0 Å². The van der Waals surface area contributed by atoms with Gasteiger partial charge in [-0.15, -0.1) is 0 Å². The Bertz CT molecular complexity index is 257. The minimum atomic E-state index is -4.73. The SMILES string of the molecule is CC(C)[C@H](N)C(=O)OS(=O)(=O)O. The molecule has 0 fully saturated rings. The van der Waals surface area contributed by atoms with Crippen molar-refractivity contribution >= 4 is 16.4 Å². The van der Waals surface area contributed by atoms with Crippen LogP contribution < -0.4 is 5.73 Å². The van der Waals surface area contributed by atoms with Crippen molar-refractivity contribution < 1.29 is 21.9 Å². The third kappa shape index (κ3) is 4.27. The van der Waals surface area contributed by atoms with E-state index in [0.717, 1.165) is 0 Å². The highest BCUT2D eigenvalue weighted by molar-refractivity contribution is 7.81. The molecule has 0 saturated carbocycles. The number of hydrogen-bond acceptors (Lipinski definition) is 5. The molecule has 0 aromatic rings. The van der Waals surface area contributed by atoms with Gasteiger partial charge in [0, 0.05) is 0 Å². The molecule has 0 aliphatic heterocycles. The molecule has 0 amide bonds. The van der Waals surface area contributed by atoms with Crippen molar-refractivity contribution in [1.82, 2.24) is 0 Å². The maximum Gasteiger partial charge on any atom is 0.449 e. The summed E-state index contributed by atoms with van der Waals surface area (Å²) in [7, 11) is -4.73. The maximum atomic E-state index is 10.7. The molecule has 0 unspecified atom stereocenters. The summed E-state index contributed by atoms with van der Waals surface area (Å²) in [4.78, 5) is 10.7. The summed E-state index contributed by atoms with van der Waals surface area (Å²) < 4.78 is 31.8. The van der Waals surface area contributed by atoms with Crippen molar-refractivity contribution in [3.63, 3.8) is 0 Å². The molecule has 0 aliphatic carbocycles. The lowest BCUT2D eigenvalue weighted by Gasteiger charge is -2.11. The first-order valence-corrected chi connectivity index (χ1v) is 4.57. The van der Waals surface area contributed by atoms with Gasteiger partial charge in [-0.25, -0.2) is 4.79 Å². The minimum absolute atomic E-state index is 0.251. The van der Waals surface area contributed by atoms with E-state index >= 15 is 0 Å². The van der Waals surface area contributed by atoms with Crippen LogP contribution in [0.2, 0.25) is 0 Å². The predicted octanol–water partition coefficient (Wildman–Crippen LogP) is -0.684. The molecule has 0 heterocycles. The van der Waals surface area contributed by atoms with Crippen LogP contribution in [0.3, 0.4) is 0 Å². The summed E-state index contributed by atoms with van der Waals surface area (Å²) in [5.74, 6) is -1.41. The summed E-state index contributed by atoms with van der Waals surface area (Å²) in [6.45, 7) is 3.24. The Labute approximate surface area is 70.7 Å². The van der Waals surface area contributed by atoms with E-state index in [2.05, 4.69) is 4.18 Å². The highest BCUT2D eigenvalue weighted by atomic mass is 32.3. The number of carbonyl (C=O) groups is 1. The molecule has 12 heavy (non-hydrogen) atoms. The van der Waals surface area contributed by atoms with Gasteiger partial charge in [0.25, 0.3) is 0 Å². The lowest BCUT2D eigenvalue weighted by Crippen LogP contribution is -2.38. The molecule has 0 aromatic heterocycles. The molecule has 0 aromatic carbocycles. The molecular formula is C5H11NO5S. The molecule has 72 valence electrons. The van der Waals surface area contributed by atoms with Crippen molar-refractivity contribution in [2.75, 3.05) is 0 Å². The lowest BCUT2D eigenvalue weighted by molar-refractivity contribution is -0.136. The summed E-state index contributed by atoms with van der Waals surface area (Å²) in [6.07, 6.45) is 0. The Morgan fingerprint density at radius 3 is 2.17 bits per heavy atom. The second-order valence-corrected chi connectivity index (χ2v) is 3.62. The predicted molar refractivity (Wildman–Crippen MR) is 40.5 cm³/mol. The largest absolute Gasteiger partial charge is 0.449 e. The summed E-state index contributed by atoms with van der Waals surface area (Å²) in [6, 6.07) is -1.05. The van der Waals surface area contributed by atoms with Gasteiger partial charge >= 0.3 is 16.4 Å². The van der Waals surface area contributed by atoms with Crippen LogP contribution in [0.25, 0.3) is 0 Å². The van der Waals surface area contributed by atoms with Gasteiger partial charge in [0.15, 0.2) is 0 Å². The standard InChI is InChI=1S/C5H11NO5S/c1-3(2)4(6)5(7)11-12(8,9)10/h3-4H,6H2,1-2H3,(H,8,9,10)/t4-/m0/s1. The second kappa shape index (κ2) is 3.83. The van der Waals surface area contributed by atoms with Crippen molar-refractivity contribution in [3.05, 3.63) is 0 Å². The molecule has 0 spiro atoms. The van der Waals surface area contributed by atoms with Crippen molar-refractivity contribution in [1.29, 1.82) is 0 Å². The van der Waals surface area contributed by atoms with E-state index in [1.54, 1.807) is 13.8 Å². The number of nitrogens with two attached hydrogens (primary N) is 1. The van der Waals surface area contributed by atoms with Crippen molar-refractivity contribution in [3.8, 4) is 0 Å². The zero-order valence-electron chi connectivity index (χ0n) is 6.72. The lowest BCUT2D eigenvalue weighted by atomic mass is 10.1. The zero-order chi connectivity index (χ0) is 9.94. The van der Waals surface area contributed by atoms with Gasteiger partial charge < -0.3 is 9.92 Å². The maximum absolute atomic E-state index is 10.7. The summed E-state index contributed by atoms with van der Waals surface area (Å²) in [5, 5.41) is 0. The van der Waals surface area contributed by atoms with Crippen LogP contribution in [0.4, 0.5) is 0 Å². The fourth-order valence-corrected chi connectivity index (χ4v) is 0.750. The van der Waals surface area contributed by atoms with Crippen LogP contribution >= 0.6 is 0 Å². The number of rotatable bonds is 3. The van der Waals surface area contributed by atoms with E-state index in [9.17, 15) is 13.2 Å². The Balaban J connectivity index is 4.25. The van der Waals surface area contributed by atoms with Gasteiger partial charge in [0.1, 0.15) is 6.04 Å². The first-order valence-electron chi connectivity index (χ1n) is 3.20. The van der Waals surface area contributed by atoms with Gasteiger partial charge in [0.2, 0.25) is 0 Å². The van der Waals surface area contributed by atoms with Gasteiger partial charge in [-0.05, 0) is 5.92 Å². The van der Waals surface area contributed by atoms with Gasteiger partial charge in [-0.3, -0.25) is 4.55 Å². The summed E-state index contributed by atoms with van der Waals surface area (Å²) >= 11 is 0. The fourth-order valence-electron chi connectivity index (χ4n) is 0.432. The van der Waals surface area contributed by atoms with Crippen LogP contribution in [0.5, 0.6) is 0 Å². The van der Waals surface area contributed by atoms with E-state index in [4.69, 9.17) is 10.3 Å². The zero-order valence-corrected chi connectivity index (χ0v) is 7.54. The average molecular weight is 197 g/mol. The summed E-state index contributed by atoms with van der Waals surface area (Å²) in [5.41, 5.74) is 5.22. The quantitative estimate of drug-likeness (QED) is 0.580. The molecule has 1 atom stereocenters. The average Bonchev–Trinajstić information content (AvgIpc) is 1.82. The molecule has 0 bridgehead atoms.